The van der Waals surface area contributed by atoms with Gasteiger partial charge >= 0.3 is 0 Å². The average molecular weight is 489 g/mol. The number of rotatable bonds is 9. The number of halogens is 2. The number of carbonyl (C=O) groups excluding carboxylic acids is 1. The van der Waals surface area contributed by atoms with Crippen molar-refractivity contribution in [3.63, 3.8) is 0 Å². The number of nitrogens with zero attached hydrogens (tertiary/aromatic N) is 3. The maximum Gasteiger partial charge on any atom is 0.226 e. The average Bonchev–Trinajstić information content (AvgIpc) is 2.78. The molecule has 5 N–H and O–H groups in total. The van der Waals surface area contributed by atoms with Gasteiger partial charge in [0.05, 0.1) is 28.8 Å². The number of ether oxygens (including phenoxy) is 1. The summed E-state index contributed by atoms with van der Waals surface area (Å²) in [5.41, 5.74) is 6.33. The van der Waals surface area contributed by atoms with Crippen LogP contribution in [-0.2, 0) is 11.3 Å². The first-order valence-corrected chi connectivity index (χ1v) is 11.0. The SMILES string of the molecule is COc1cc2ncnc(Nc3cccc(Cl)c3F)c2cc1CN(C)C(O)CC1(C(N)=O)CNC1. The molecule has 4 rings (SSSR count). The highest BCUT2D eigenvalue weighted by atomic mass is 35.5. The summed E-state index contributed by atoms with van der Waals surface area (Å²) in [6.07, 6.45) is 0.684. The number of nitrogens with one attached hydrogen (secondary N) is 2. The van der Waals surface area contributed by atoms with Gasteiger partial charge in [-0.25, -0.2) is 14.4 Å². The molecule has 1 aliphatic heterocycles. The van der Waals surface area contributed by atoms with Crippen LogP contribution in [0.5, 0.6) is 5.75 Å². The van der Waals surface area contributed by atoms with Crippen molar-refractivity contribution in [2.75, 3.05) is 32.6 Å². The van der Waals surface area contributed by atoms with Gasteiger partial charge in [0.1, 0.15) is 24.1 Å². The molecule has 1 atom stereocenters. The van der Waals surface area contributed by atoms with E-state index in [9.17, 15) is 14.3 Å². The molecule has 0 aliphatic carbocycles. The number of aliphatic hydroxyl groups excluding tert-OH is 1. The monoisotopic (exact) mass is 488 g/mol. The molecule has 1 saturated heterocycles. The number of aromatic nitrogens is 2. The summed E-state index contributed by atoms with van der Waals surface area (Å²) in [6.45, 7) is 1.19. The topological polar surface area (TPSA) is 126 Å². The zero-order valence-corrected chi connectivity index (χ0v) is 19.6. The van der Waals surface area contributed by atoms with Crippen molar-refractivity contribution in [2.45, 2.75) is 19.2 Å². The molecule has 2 heterocycles. The lowest BCUT2D eigenvalue weighted by molar-refractivity contribution is -0.135. The van der Waals surface area contributed by atoms with E-state index in [4.69, 9.17) is 22.1 Å². The fourth-order valence-electron chi connectivity index (χ4n) is 4.00. The van der Waals surface area contributed by atoms with Crippen LogP contribution in [0.2, 0.25) is 5.02 Å². The number of anilines is 2. The van der Waals surface area contributed by atoms with Crippen molar-refractivity contribution in [2.24, 2.45) is 11.1 Å². The molecule has 11 heteroatoms. The first-order chi connectivity index (χ1) is 16.2. The van der Waals surface area contributed by atoms with Gasteiger partial charge in [0, 0.05) is 43.1 Å². The summed E-state index contributed by atoms with van der Waals surface area (Å²) in [7, 11) is 3.29. The smallest absolute Gasteiger partial charge is 0.226 e. The van der Waals surface area contributed by atoms with Crippen molar-refractivity contribution in [1.82, 2.24) is 20.2 Å². The Balaban J connectivity index is 1.62. The van der Waals surface area contributed by atoms with Crippen LogP contribution in [0.25, 0.3) is 10.9 Å². The van der Waals surface area contributed by atoms with E-state index in [1.165, 1.54) is 12.4 Å². The molecule has 1 amide bonds. The lowest BCUT2D eigenvalue weighted by Crippen LogP contribution is -2.62. The van der Waals surface area contributed by atoms with Gasteiger partial charge in [-0.1, -0.05) is 17.7 Å². The fourth-order valence-corrected chi connectivity index (χ4v) is 4.17. The summed E-state index contributed by atoms with van der Waals surface area (Å²) in [5.74, 6) is -0.0453. The van der Waals surface area contributed by atoms with E-state index in [1.807, 2.05) is 6.07 Å². The predicted molar refractivity (Wildman–Crippen MR) is 127 cm³/mol. The molecule has 1 aromatic heterocycles. The summed E-state index contributed by atoms with van der Waals surface area (Å²) >= 11 is 5.90. The zero-order valence-electron chi connectivity index (χ0n) is 18.8. The fraction of sp³-hybridized carbons (Fsp3) is 0.348. The van der Waals surface area contributed by atoms with Gasteiger partial charge in [-0.3, -0.25) is 9.69 Å². The van der Waals surface area contributed by atoms with E-state index in [-0.39, 0.29) is 17.1 Å². The maximum atomic E-state index is 14.4. The number of hydrogen-bond donors (Lipinski definition) is 4. The van der Waals surface area contributed by atoms with E-state index in [0.717, 1.165) is 5.56 Å². The van der Waals surface area contributed by atoms with Crippen molar-refractivity contribution in [3.8, 4) is 5.75 Å². The number of fused-ring (bicyclic) bond motifs is 1. The summed E-state index contributed by atoms with van der Waals surface area (Å²) in [6, 6.07) is 8.25. The zero-order chi connectivity index (χ0) is 24.5. The van der Waals surface area contributed by atoms with Crippen LogP contribution in [0.3, 0.4) is 0 Å². The lowest BCUT2D eigenvalue weighted by atomic mass is 9.77. The van der Waals surface area contributed by atoms with Crippen molar-refractivity contribution in [3.05, 3.63) is 53.1 Å². The second-order valence-electron chi connectivity index (χ2n) is 8.48. The Hall–Kier alpha value is -3.05. The second kappa shape index (κ2) is 9.67. The minimum absolute atomic E-state index is 0.00303. The molecule has 1 aliphatic rings. The Morgan fingerprint density at radius 3 is 2.82 bits per heavy atom. The lowest BCUT2D eigenvalue weighted by Gasteiger charge is -2.42. The number of aliphatic hydroxyl groups is 1. The number of primary amides is 1. The van der Waals surface area contributed by atoms with Crippen LogP contribution in [0.4, 0.5) is 15.9 Å². The first-order valence-electron chi connectivity index (χ1n) is 10.7. The normalized spacial score (nSPS) is 15.7. The molecule has 0 bridgehead atoms. The van der Waals surface area contributed by atoms with E-state index in [1.54, 1.807) is 37.3 Å². The van der Waals surface area contributed by atoms with Crippen LogP contribution >= 0.6 is 11.6 Å². The van der Waals surface area contributed by atoms with Crippen LogP contribution < -0.4 is 21.1 Å². The van der Waals surface area contributed by atoms with E-state index in [2.05, 4.69) is 20.6 Å². The molecular weight excluding hydrogens is 463 g/mol. The molecule has 0 radical (unpaired) electrons. The second-order valence-corrected chi connectivity index (χ2v) is 8.89. The number of carbonyl (C=O) groups is 1. The third-order valence-corrected chi connectivity index (χ3v) is 6.49. The highest BCUT2D eigenvalue weighted by molar-refractivity contribution is 6.31. The number of hydrogen-bond acceptors (Lipinski definition) is 8. The molecule has 2 aromatic carbocycles. The highest BCUT2D eigenvalue weighted by Crippen LogP contribution is 2.33. The molecule has 3 aromatic rings. The molecule has 1 fully saturated rings. The minimum Gasteiger partial charge on any atom is -0.496 e. The summed E-state index contributed by atoms with van der Waals surface area (Å²) in [5, 5.41) is 17.4. The number of amides is 1. The third kappa shape index (κ3) is 4.62. The van der Waals surface area contributed by atoms with Crippen molar-refractivity contribution < 1.29 is 19.0 Å². The van der Waals surface area contributed by atoms with Gasteiger partial charge < -0.3 is 26.2 Å². The van der Waals surface area contributed by atoms with Gasteiger partial charge in [0.2, 0.25) is 5.91 Å². The Kier molecular flexibility index (Phi) is 6.85. The van der Waals surface area contributed by atoms with Gasteiger partial charge in [-0.15, -0.1) is 0 Å². The molecule has 9 nitrogen and oxygen atoms in total. The van der Waals surface area contributed by atoms with E-state index < -0.39 is 23.4 Å². The van der Waals surface area contributed by atoms with Gasteiger partial charge in [0.25, 0.3) is 0 Å². The van der Waals surface area contributed by atoms with E-state index >= 15 is 0 Å². The van der Waals surface area contributed by atoms with Crippen LogP contribution in [0, 0.1) is 11.2 Å². The number of methoxy groups -OCH3 is 1. The largest absolute Gasteiger partial charge is 0.496 e. The predicted octanol–water partition coefficient (Wildman–Crippen LogP) is 2.39. The number of nitrogens with two attached hydrogens (primary N) is 1. The van der Waals surface area contributed by atoms with Crippen molar-refractivity contribution in [1.29, 1.82) is 0 Å². The molecular formula is C23H26ClFN6O3. The van der Waals surface area contributed by atoms with Crippen molar-refractivity contribution >= 4 is 39.9 Å². The molecule has 180 valence electrons. The molecule has 0 spiro atoms. The molecule has 1 unspecified atom stereocenters. The van der Waals surface area contributed by atoms with E-state index in [0.29, 0.717) is 42.1 Å². The summed E-state index contributed by atoms with van der Waals surface area (Å²) in [4.78, 5) is 22.2. The van der Waals surface area contributed by atoms with Crippen LogP contribution in [-0.4, -0.2) is 59.4 Å². The Morgan fingerprint density at radius 1 is 1.41 bits per heavy atom. The number of benzene rings is 2. The van der Waals surface area contributed by atoms with Gasteiger partial charge in [-0.2, -0.15) is 0 Å². The maximum absolute atomic E-state index is 14.4. The third-order valence-electron chi connectivity index (χ3n) is 6.19. The Bertz CT molecular complexity index is 1220. The minimum atomic E-state index is -0.903. The van der Waals surface area contributed by atoms with Gasteiger partial charge in [-0.05, 0) is 25.2 Å². The van der Waals surface area contributed by atoms with Crippen LogP contribution in [0.15, 0.2) is 36.7 Å². The first kappa shape index (κ1) is 24.1. The quantitative estimate of drug-likeness (QED) is 0.338. The highest BCUT2D eigenvalue weighted by Gasteiger charge is 2.44. The van der Waals surface area contributed by atoms with Crippen LogP contribution in [0.1, 0.15) is 12.0 Å². The summed E-state index contributed by atoms with van der Waals surface area (Å²) < 4.78 is 20.0. The van der Waals surface area contributed by atoms with Gasteiger partial charge in [0.15, 0.2) is 5.82 Å². The Labute approximate surface area is 201 Å². The Morgan fingerprint density at radius 2 is 2.18 bits per heavy atom. The molecule has 0 saturated carbocycles. The molecule has 34 heavy (non-hydrogen) atoms. The standard InChI is InChI=1S/C23H26ClFN6O3/c1-31(19(32)8-23(22(26)33)10-27-11-23)9-13-6-14-17(7-18(13)34-2)28-12-29-21(14)30-16-5-3-4-15(24)20(16)25/h3-7,12,19,27,32H,8-11H2,1-2H3,(H2,26,33)(H,28,29,30).